The predicted octanol–water partition coefficient (Wildman–Crippen LogP) is 1.95. The maximum absolute atomic E-state index is 13.2. The minimum absolute atomic E-state index is 0.376. The molecule has 0 radical (unpaired) electrons. The van der Waals surface area contributed by atoms with Gasteiger partial charge in [0, 0.05) is 17.8 Å². The quantitative estimate of drug-likeness (QED) is 0.506. The number of carbonyl (C=O) groups is 1. The van der Waals surface area contributed by atoms with Crippen LogP contribution in [0.3, 0.4) is 0 Å². The Labute approximate surface area is 109 Å². The summed E-state index contributed by atoms with van der Waals surface area (Å²) in [6.45, 7) is 0.448. The Bertz CT molecular complexity index is 557. The number of nitrogens with two attached hydrogens (primary N) is 1. The Morgan fingerprint density at radius 2 is 1.95 bits per heavy atom. The van der Waals surface area contributed by atoms with Crippen molar-refractivity contribution in [3.05, 3.63) is 34.1 Å². The molecule has 0 saturated carbocycles. The molecule has 0 aliphatic heterocycles. The van der Waals surface area contributed by atoms with Crippen molar-refractivity contribution >= 4 is 17.3 Å². The molecule has 1 aromatic carbocycles. The molecule has 10 heteroatoms. The van der Waals surface area contributed by atoms with E-state index in [1.165, 1.54) is 0 Å². The average Bonchev–Trinajstić information content (AvgIpc) is 2.26. The fourth-order valence-electron chi connectivity index (χ4n) is 1.12. The van der Waals surface area contributed by atoms with Crippen LogP contribution in [0.1, 0.15) is 6.92 Å². The second kappa shape index (κ2) is 5.04. The number of carbonyl (C=O) groups excluding carboxylic acids is 1. The first-order chi connectivity index (χ1) is 8.96. The van der Waals surface area contributed by atoms with E-state index < -0.39 is 34.1 Å². The second-order valence-electron chi connectivity index (χ2n) is 4.08. The Hall–Kier alpha value is -2.23. The van der Waals surface area contributed by atoms with Gasteiger partial charge in [-0.25, -0.2) is 0 Å². The van der Waals surface area contributed by atoms with E-state index in [9.17, 15) is 32.5 Å². The number of hydrogen-bond donors (Lipinski definition) is 2. The summed E-state index contributed by atoms with van der Waals surface area (Å²) in [5, 5.41) is 12.1. The number of nitrogens with one attached hydrogen (secondary N) is 1. The first kappa shape index (κ1) is 15.8. The van der Waals surface area contributed by atoms with Gasteiger partial charge in [0.05, 0.1) is 4.92 Å². The molecule has 0 aliphatic carbocycles. The SMILES string of the molecule is CC(N)(C(=O)Nc1ccc([N+](=O)[O-])c(F)c1)C(F)(F)F. The van der Waals surface area contributed by atoms with Crippen molar-refractivity contribution in [1.29, 1.82) is 0 Å². The normalized spacial score (nSPS) is 14.5. The van der Waals surface area contributed by atoms with Crippen LogP contribution in [0.25, 0.3) is 0 Å². The van der Waals surface area contributed by atoms with E-state index in [2.05, 4.69) is 0 Å². The molecule has 0 saturated heterocycles. The molecule has 0 heterocycles. The molecular formula is C10H9F4N3O3. The van der Waals surface area contributed by atoms with Crippen LogP contribution in [0.2, 0.25) is 0 Å². The monoisotopic (exact) mass is 295 g/mol. The van der Waals surface area contributed by atoms with Crippen LogP contribution < -0.4 is 11.1 Å². The first-order valence-electron chi connectivity index (χ1n) is 5.08. The van der Waals surface area contributed by atoms with E-state index in [4.69, 9.17) is 5.73 Å². The first-order valence-corrected chi connectivity index (χ1v) is 5.08. The second-order valence-corrected chi connectivity index (χ2v) is 4.08. The van der Waals surface area contributed by atoms with E-state index in [0.29, 0.717) is 19.1 Å². The summed E-state index contributed by atoms with van der Waals surface area (Å²) in [6, 6.07) is 2.14. The van der Waals surface area contributed by atoms with Crippen LogP contribution in [-0.4, -0.2) is 22.5 Å². The number of hydrogen-bond acceptors (Lipinski definition) is 4. The number of nitro benzene ring substituents is 1. The summed E-state index contributed by atoms with van der Waals surface area (Å²) in [5.41, 5.74) is 0.445. The van der Waals surface area contributed by atoms with Gasteiger partial charge in [0.25, 0.3) is 5.91 Å². The van der Waals surface area contributed by atoms with Crippen molar-refractivity contribution in [2.75, 3.05) is 5.32 Å². The fraction of sp³-hybridized carbons (Fsp3) is 0.300. The molecule has 20 heavy (non-hydrogen) atoms. The minimum atomic E-state index is -5.00. The van der Waals surface area contributed by atoms with Crippen molar-refractivity contribution in [3.8, 4) is 0 Å². The lowest BCUT2D eigenvalue weighted by Crippen LogP contribution is -2.59. The van der Waals surface area contributed by atoms with Crippen LogP contribution in [0, 0.1) is 15.9 Å². The zero-order chi connectivity index (χ0) is 15.7. The summed E-state index contributed by atoms with van der Waals surface area (Å²) in [6.07, 6.45) is -5.00. The summed E-state index contributed by atoms with van der Waals surface area (Å²) in [5.74, 6) is -2.91. The lowest BCUT2D eigenvalue weighted by atomic mass is 10.0. The van der Waals surface area contributed by atoms with Crippen LogP contribution in [0.5, 0.6) is 0 Å². The molecule has 3 N–H and O–H groups in total. The van der Waals surface area contributed by atoms with Gasteiger partial charge in [-0.15, -0.1) is 0 Å². The molecule has 0 aromatic heterocycles. The number of halogens is 4. The van der Waals surface area contributed by atoms with Crippen LogP contribution in [0.15, 0.2) is 18.2 Å². The van der Waals surface area contributed by atoms with Crippen molar-refractivity contribution in [3.63, 3.8) is 0 Å². The number of rotatable bonds is 3. The topological polar surface area (TPSA) is 98.3 Å². The molecule has 1 atom stereocenters. The van der Waals surface area contributed by atoms with Crippen LogP contribution >= 0.6 is 0 Å². The molecule has 1 amide bonds. The van der Waals surface area contributed by atoms with Crippen molar-refractivity contribution < 1.29 is 27.3 Å². The Morgan fingerprint density at radius 1 is 1.40 bits per heavy atom. The van der Waals surface area contributed by atoms with Gasteiger partial charge < -0.3 is 11.1 Å². The number of benzene rings is 1. The Morgan fingerprint density at radius 3 is 2.35 bits per heavy atom. The van der Waals surface area contributed by atoms with Crippen molar-refractivity contribution in [1.82, 2.24) is 0 Å². The van der Waals surface area contributed by atoms with E-state index in [-0.39, 0.29) is 5.69 Å². The number of amides is 1. The highest BCUT2D eigenvalue weighted by atomic mass is 19.4. The largest absolute Gasteiger partial charge is 0.415 e. The summed E-state index contributed by atoms with van der Waals surface area (Å²) in [7, 11) is 0. The number of nitrogens with zero attached hydrogens (tertiary/aromatic N) is 1. The summed E-state index contributed by atoms with van der Waals surface area (Å²) >= 11 is 0. The molecule has 0 bridgehead atoms. The third-order valence-corrected chi connectivity index (χ3v) is 2.46. The zero-order valence-electron chi connectivity index (χ0n) is 9.99. The number of anilines is 1. The van der Waals surface area contributed by atoms with Crippen LogP contribution in [-0.2, 0) is 4.79 Å². The average molecular weight is 295 g/mol. The van der Waals surface area contributed by atoms with Crippen LogP contribution in [0.4, 0.5) is 28.9 Å². The van der Waals surface area contributed by atoms with Gasteiger partial charge >= 0.3 is 11.9 Å². The highest BCUT2D eigenvalue weighted by molar-refractivity contribution is 5.98. The molecule has 1 aromatic rings. The molecule has 0 spiro atoms. The number of alkyl halides is 3. The van der Waals surface area contributed by atoms with E-state index in [0.717, 1.165) is 6.07 Å². The summed E-state index contributed by atoms with van der Waals surface area (Å²) < 4.78 is 50.7. The Kier molecular flexibility index (Phi) is 3.99. The molecule has 0 fully saturated rings. The third kappa shape index (κ3) is 3.02. The fourth-order valence-corrected chi connectivity index (χ4v) is 1.12. The molecule has 0 aliphatic rings. The van der Waals surface area contributed by atoms with E-state index in [1.54, 1.807) is 5.32 Å². The van der Waals surface area contributed by atoms with Gasteiger partial charge in [0.15, 0.2) is 5.54 Å². The standard InChI is InChI=1S/C10H9F4N3O3/c1-9(15,10(12,13)14)8(18)16-5-2-3-7(17(19)20)6(11)4-5/h2-4H,15H2,1H3,(H,16,18). The highest BCUT2D eigenvalue weighted by Gasteiger charge is 2.54. The van der Waals surface area contributed by atoms with Gasteiger partial charge in [-0.3, -0.25) is 14.9 Å². The van der Waals surface area contributed by atoms with Gasteiger partial charge in [-0.05, 0) is 13.0 Å². The highest BCUT2D eigenvalue weighted by Crippen LogP contribution is 2.29. The van der Waals surface area contributed by atoms with Gasteiger partial charge in [0.1, 0.15) is 0 Å². The maximum Gasteiger partial charge on any atom is 0.415 e. The van der Waals surface area contributed by atoms with Gasteiger partial charge in [0.2, 0.25) is 5.82 Å². The lowest BCUT2D eigenvalue weighted by molar-refractivity contribution is -0.387. The van der Waals surface area contributed by atoms with Gasteiger partial charge in [-0.1, -0.05) is 0 Å². The minimum Gasteiger partial charge on any atom is -0.324 e. The smallest absolute Gasteiger partial charge is 0.324 e. The van der Waals surface area contributed by atoms with E-state index >= 15 is 0 Å². The Balaban J connectivity index is 2.98. The molecule has 6 nitrogen and oxygen atoms in total. The summed E-state index contributed by atoms with van der Waals surface area (Å²) in [4.78, 5) is 20.7. The lowest BCUT2D eigenvalue weighted by Gasteiger charge is -2.26. The zero-order valence-corrected chi connectivity index (χ0v) is 9.99. The molecular weight excluding hydrogens is 286 g/mol. The third-order valence-electron chi connectivity index (χ3n) is 2.46. The van der Waals surface area contributed by atoms with Crippen molar-refractivity contribution in [2.24, 2.45) is 5.73 Å². The van der Waals surface area contributed by atoms with E-state index in [1.807, 2.05) is 0 Å². The molecule has 1 unspecified atom stereocenters. The molecule has 110 valence electrons. The molecule has 1 rings (SSSR count). The predicted molar refractivity (Wildman–Crippen MR) is 60.3 cm³/mol. The number of nitro groups is 1. The van der Waals surface area contributed by atoms with Gasteiger partial charge in [-0.2, -0.15) is 17.6 Å². The van der Waals surface area contributed by atoms with Crippen molar-refractivity contribution in [2.45, 2.75) is 18.6 Å². The maximum atomic E-state index is 13.2.